The van der Waals surface area contributed by atoms with Gasteiger partial charge in [0.15, 0.2) is 14.6 Å². The van der Waals surface area contributed by atoms with E-state index in [1.165, 1.54) is 0 Å². The Bertz CT molecular complexity index is 950. The number of fused-ring (bicyclic) bond motifs is 2. The molecule has 2 bridgehead atoms. The van der Waals surface area contributed by atoms with Gasteiger partial charge in [-0.2, -0.15) is 0 Å². The van der Waals surface area contributed by atoms with Crippen LogP contribution in [-0.2, 0) is 18.7 Å². The number of rotatable bonds is 7. The maximum absolute atomic E-state index is 13.0. The van der Waals surface area contributed by atoms with Crippen molar-refractivity contribution in [2.45, 2.75) is 96.4 Å². The van der Waals surface area contributed by atoms with Crippen molar-refractivity contribution < 1.29 is 23.8 Å². The predicted octanol–water partition coefficient (Wildman–Crippen LogP) is 6.20. The van der Waals surface area contributed by atoms with Gasteiger partial charge in [0.25, 0.3) is 0 Å². The average molecular weight is 501 g/mol. The summed E-state index contributed by atoms with van der Waals surface area (Å²) in [5.41, 5.74) is -1.00. The molecule has 2 aliphatic carbocycles. The third kappa shape index (κ3) is 4.73. The third-order valence-electron chi connectivity index (χ3n) is 9.68. The van der Waals surface area contributed by atoms with Crippen LogP contribution in [-0.4, -0.2) is 44.1 Å². The number of benzene rings is 1. The van der Waals surface area contributed by atoms with Gasteiger partial charge in [-0.05, 0) is 48.7 Å². The topological polar surface area (TPSA) is 65.0 Å². The van der Waals surface area contributed by atoms with Gasteiger partial charge in [0.1, 0.15) is 11.4 Å². The van der Waals surface area contributed by atoms with Crippen molar-refractivity contribution in [1.82, 2.24) is 0 Å². The molecule has 1 aromatic carbocycles. The Hall–Kier alpha value is -1.31. The maximum Gasteiger partial charge on any atom is 0.191 e. The van der Waals surface area contributed by atoms with Gasteiger partial charge in [-0.25, -0.2) is 0 Å². The molecule has 0 spiro atoms. The zero-order valence-electron chi connectivity index (χ0n) is 22.6. The second-order valence-corrected chi connectivity index (χ2v) is 17.8. The molecule has 0 unspecified atom stereocenters. The lowest BCUT2D eigenvalue weighted by atomic mass is 9.68. The molecule has 2 saturated carbocycles. The first-order valence-corrected chi connectivity index (χ1v) is 16.0. The summed E-state index contributed by atoms with van der Waals surface area (Å²) in [5.74, 6) is 0.723. The quantitative estimate of drug-likeness (QED) is 0.357. The number of ketones is 1. The first kappa shape index (κ1) is 26.7. The number of ether oxygens (including phenoxy) is 2. The molecular formula is C29H44O5Si. The van der Waals surface area contributed by atoms with Crippen molar-refractivity contribution in [3.05, 3.63) is 48.0 Å². The fourth-order valence-electron chi connectivity index (χ4n) is 5.89. The summed E-state index contributed by atoms with van der Waals surface area (Å²) < 4.78 is 18.9. The van der Waals surface area contributed by atoms with E-state index in [1.54, 1.807) is 0 Å². The molecule has 3 aliphatic rings. The Kier molecular flexibility index (Phi) is 7.04. The van der Waals surface area contributed by atoms with E-state index in [2.05, 4.69) is 47.7 Å². The van der Waals surface area contributed by atoms with Crippen LogP contribution in [0.2, 0.25) is 18.1 Å². The second kappa shape index (κ2) is 9.21. The van der Waals surface area contributed by atoms with E-state index < -0.39 is 31.7 Å². The van der Waals surface area contributed by atoms with E-state index >= 15 is 0 Å². The number of aliphatic hydroxyl groups is 1. The van der Waals surface area contributed by atoms with Gasteiger partial charge >= 0.3 is 0 Å². The van der Waals surface area contributed by atoms with Crippen molar-refractivity contribution in [3.63, 3.8) is 0 Å². The Labute approximate surface area is 212 Å². The van der Waals surface area contributed by atoms with Crippen LogP contribution < -0.4 is 0 Å². The minimum atomic E-state index is -1.93. The average Bonchev–Trinajstić information content (AvgIpc) is 3.14. The van der Waals surface area contributed by atoms with Crippen LogP contribution >= 0.6 is 0 Å². The van der Waals surface area contributed by atoms with Crippen molar-refractivity contribution in [3.8, 4) is 0 Å². The summed E-state index contributed by atoms with van der Waals surface area (Å²) in [4.78, 5) is 13.0. The lowest BCUT2D eigenvalue weighted by Gasteiger charge is -2.43. The zero-order valence-corrected chi connectivity index (χ0v) is 23.6. The molecule has 1 aromatic rings. The fraction of sp³-hybridized carbons (Fsp3) is 0.690. The highest BCUT2D eigenvalue weighted by atomic mass is 28.4. The van der Waals surface area contributed by atoms with Crippen LogP contribution in [0.3, 0.4) is 0 Å². The number of Topliss-reactive ketones (excluding diaryl/α,β-unsaturated/α-hetero) is 1. The second-order valence-electron chi connectivity index (χ2n) is 13.0. The van der Waals surface area contributed by atoms with Crippen LogP contribution in [0.15, 0.2) is 42.5 Å². The lowest BCUT2D eigenvalue weighted by molar-refractivity contribution is -0.282. The van der Waals surface area contributed by atoms with Gasteiger partial charge in [-0.3, -0.25) is 4.79 Å². The maximum atomic E-state index is 13.0. The summed E-state index contributed by atoms with van der Waals surface area (Å²) in [7, 11) is -1.93. The number of carbonyl (C=O) groups excluding carboxylic acids is 1. The fourth-order valence-corrected chi connectivity index (χ4v) is 6.95. The molecule has 5 atom stereocenters. The first-order chi connectivity index (χ1) is 16.2. The zero-order chi connectivity index (χ0) is 25.7. The van der Waals surface area contributed by atoms with E-state index in [-0.39, 0.29) is 17.1 Å². The number of hydrogen-bond acceptors (Lipinski definition) is 5. The van der Waals surface area contributed by atoms with E-state index in [0.717, 1.165) is 18.4 Å². The van der Waals surface area contributed by atoms with Gasteiger partial charge < -0.3 is 19.0 Å². The largest absolute Gasteiger partial charge is 0.417 e. The standard InChI is InChI=1S/C29H44O5Si/c1-26(2,3)35(6,7)33-18-14-24-29(31,20-32-25(34-24)21-11-9-8-10-12-21)17-16-28-15-13-22(19-23(28)30)27(28,4)5/h8-12,16-17,22,24-25,31H,13-15,18-20H2,1-7H3/b17-16+/t22-,24-,25+,28+,29-/m0/s1. The van der Waals surface area contributed by atoms with Crippen molar-refractivity contribution in [1.29, 1.82) is 0 Å². The molecule has 6 heteroatoms. The molecule has 1 saturated heterocycles. The predicted molar refractivity (Wildman–Crippen MR) is 140 cm³/mol. The monoisotopic (exact) mass is 500 g/mol. The SMILES string of the molecule is CC1(C)[C@H]2CC[C@@]1(/C=C/[C@]1(O)CO[C@@H](c3ccccc3)O[C@H]1CCO[Si](C)(C)C(C)(C)C)C(=O)C2. The summed E-state index contributed by atoms with van der Waals surface area (Å²) >= 11 is 0. The van der Waals surface area contributed by atoms with Gasteiger partial charge in [-0.1, -0.05) is 77.1 Å². The first-order valence-electron chi connectivity index (χ1n) is 13.1. The number of hydrogen-bond donors (Lipinski definition) is 1. The summed E-state index contributed by atoms with van der Waals surface area (Å²) in [6.07, 6.45) is 5.88. The molecule has 0 radical (unpaired) electrons. The highest BCUT2D eigenvalue weighted by Gasteiger charge is 2.63. The molecular weight excluding hydrogens is 456 g/mol. The van der Waals surface area contributed by atoms with Crippen LogP contribution in [0, 0.1) is 16.7 Å². The molecule has 5 nitrogen and oxygen atoms in total. The number of carbonyl (C=O) groups is 1. The lowest BCUT2D eigenvalue weighted by Crippen LogP contribution is -2.52. The third-order valence-corrected chi connectivity index (χ3v) is 14.2. The van der Waals surface area contributed by atoms with E-state index in [0.29, 0.717) is 31.1 Å². The normalized spacial score (nSPS) is 35.2. The van der Waals surface area contributed by atoms with E-state index in [1.807, 2.05) is 42.5 Å². The molecule has 35 heavy (non-hydrogen) atoms. The van der Waals surface area contributed by atoms with E-state index in [4.69, 9.17) is 13.9 Å². The molecule has 1 heterocycles. The Morgan fingerprint density at radius 3 is 2.43 bits per heavy atom. The molecule has 3 fully saturated rings. The summed E-state index contributed by atoms with van der Waals surface area (Å²) in [5, 5.41) is 11.9. The smallest absolute Gasteiger partial charge is 0.191 e. The minimum absolute atomic E-state index is 0.0964. The Balaban J connectivity index is 1.56. The minimum Gasteiger partial charge on any atom is -0.417 e. The highest BCUT2D eigenvalue weighted by molar-refractivity contribution is 6.74. The van der Waals surface area contributed by atoms with Gasteiger partial charge in [-0.15, -0.1) is 0 Å². The van der Waals surface area contributed by atoms with Crippen molar-refractivity contribution in [2.75, 3.05) is 13.2 Å². The Morgan fingerprint density at radius 2 is 1.86 bits per heavy atom. The summed E-state index contributed by atoms with van der Waals surface area (Å²) in [6.45, 7) is 16.2. The van der Waals surface area contributed by atoms with Crippen molar-refractivity contribution in [2.24, 2.45) is 16.7 Å². The molecule has 0 aromatic heterocycles. The van der Waals surface area contributed by atoms with Crippen molar-refractivity contribution >= 4 is 14.1 Å². The van der Waals surface area contributed by atoms with Gasteiger partial charge in [0.05, 0.1) is 18.1 Å². The number of allylic oxidation sites excluding steroid dienone is 1. The van der Waals surface area contributed by atoms with Crippen LogP contribution in [0.25, 0.3) is 0 Å². The summed E-state index contributed by atoms with van der Waals surface area (Å²) in [6, 6.07) is 9.84. The van der Waals surface area contributed by atoms with Crippen LogP contribution in [0.5, 0.6) is 0 Å². The molecule has 4 rings (SSSR count). The molecule has 194 valence electrons. The molecule has 1 N–H and O–H groups in total. The molecule has 0 amide bonds. The van der Waals surface area contributed by atoms with Crippen LogP contribution in [0.1, 0.15) is 72.2 Å². The Morgan fingerprint density at radius 1 is 1.17 bits per heavy atom. The highest BCUT2D eigenvalue weighted by Crippen LogP contribution is 2.64. The van der Waals surface area contributed by atoms with Gasteiger partial charge in [0, 0.05) is 18.6 Å². The van der Waals surface area contributed by atoms with Crippen LogP contribution in [0.4, 0.5) is 0 Å². The molecule has 1 aliphatic heterocycles. The van der Waals surface area contributed by atoms with E-state index in [9.17, 15) is 9.90 Å². The van der Waals surface area contributed by atoms with Gasteiger partial charge in [0.2, 0.25) is 0 Å².